The first-order valence-corrected chi connectivity index (χ1v) is 6.75. The Morgan fingerprint density at radius 3 is 2.67 bits per heavy atom. The lowest BCUT2D eigenvalue weighted by atomic mass is 9.72. The molecule has 1 aliphatic carbocycles. The quantitative estimate of drug-likeness (QED) is 0.814. The zero-order valence-corrected chi connectivity index (χ0v) is 11.5. The van der Waals surface area contributed by atoms with Gasteiger partial charge >= 0.3 is 5.92 Å². The number of nitrogens with one attached hydrogen (secondary N) is 1. The lowest BCUT2D eigenvalue weighted by molar-refractivity contribution is -0.260. The van der Waals surface area contributed by atoms with E-state index in [0.717, 1.165) is 0 Å². The minimum atomic E-state index is -3.89. The van der Waals surface area contributed by atoms with Gasteiger partial charge in [0, 0.05) is 10.9 Å². The minimum Gasteiger partial charge on any atom is -0.383 e. The van der Waals surface area contributed by atoms with Crippen molar-refractivity contribution in [1.82, 2.24) is 10.2 Å². The average molecular weight is 321 g/mol. The van der Waals surface area contributed by atoms with E-state index in [-0.39, 0.29) is 18.4 Å². The van der Waals surface area contributed by atoms with Crippen LogP contribution in [0.5, 0.6) is 0 Å². The Labute approximate surface area is 122 Å². The van der Waals surface area contributed by atoms with E-state index < -0.39 is 34.0 Å². The first-order valence-electron chi connectivity index (χ1n) is 6.37. The zero-order chi connectivity index (χ0) is 15.4. The summed E-state index contributed by atoms with van der Waals surface area (Å²) in [6.45, 7) is 0. The van der Waals surface area contributed by atoms with Gasteiger partial charge in [0.15, 0.2) is 6.10 Å². The molecule has 1 aromatic carbocycles. The molecule has 21 heavy (non-hydrogen) atoms. The fraction of sp³-hybridized carbons (Fsp3) is 0.462. The van der Waals surface area contributed by atoms with Crippen molar-refractivity contribution < 1.29 is 23.4 Å². The highest BCUT2D eigenvalue weighted by Crippen LogP contribution is 2.51. The van der Waals surface area contributed by atoms with Gasteiger partial charge in [-0.05, 0) is 25.3 Å². The normalized spacial score (nSPS) is 19.5. The second-order valence-corrected chi connectivity index (χ2v) is 5.74. The number of nitrogens with zero attached hydrogens (tertiary/aromatic N) is 1. The van der Waals surface area contributed by atoms with Gasteiger partial charge in [-0.2, -0.15) is 5.10 Å². The summed E-state index contributed by atoms with van der Waals surface area (Å²) in [5.74, 6) is -5.04. The lowest BCUT2D eigenvalue weighted by Crippen LogP contribution is -2.56. The molecule has 0 amide bonds. The summed E-state index contributed by atoms with van der Waals surface area (Å²) in [6.07, 6.45) is -1.11. The van der Waals surface area contributed by atoms with Crippen molar-refractivity contribution in [2.24, 2.45) is 0 Å². The number of H-pyrrole nitrogens is 1. The molecule has 0 radical (unpaired) electrons. The number of fused-ring (bicyclic) bond motifs is 1. The molecule has 0 saturated heterocycles. The van der Waals surface area contributed by atoms with Crippen molar-refractivity contribution in [2.45, 2.75) is 36.9 Å². The second kappa shape index (κ2) is 4.59. The van der Waals surface area contributed by atoms with E-state index in [2.05, 4.69) is 10.2 Å². The van der Waals surface area contributed by atoms with E-state index in [4.69, 9.17) is 11.6 Å². The van der Waals surface area contributed by atoms with Crippen LogP contribution in [0, 0.1) is 5.82 Å². The van der Waals surface area contributed by atoms with Crippen LogP contribution < -0.4 is 0 Å². The molecular formula is C13H12ClF3N2O2. The number of hydrogen-bond acceptors (Lipinski definition) is 3. The maximum Gasteiger partial charge on any atom is 0.305 e. The molecular weight excluding hydrogens is 309 g/mol. The highest BCUT2D eigenvalue weighted by Gasteiger charge is 2.61. The average Bonchev–Trinajstić information content (AvgIpc) is 2.84. The third-order valence-corrected chi connectivity index (χ3v) is 4.36. The molecule has 2 aromatic rings. The predicted molar refractivity (Wildman–Crippen MR) is 69.8 cm³/mol. The monoisotopic (exact) mass is 320 g/mol. The number of aromatic nitrogens is 2. The van der Waals surface area contributed by atoms with E-state index >= 15 is 0 Å². The standard InChI is InChI=1S/C13H12ClF3N2O2/c14-7-4-6-5-18-19-10(6)8(9(7)15)11(20)13(16,17)12(21)2-1-3-12/h4-5,11,20-21H,1-3H2,(H,18,19). The van der Waals surface area contributed by atoms with Crippen molar-refractivity contribution in [3.63, 3.8) is 0 Å². The molecule has 1 aromatic heterocycles. The number of halogens is 4. The Morgan fingerprint density at radius 2 is 2.10 bits per heavy atom. The molecule has 1 heterocycles. The molecule has 8 heteroatoms. The summed E-state index contributed by atoms with van der Waals surface area (Å²) < 4.78 is 42.8. The van der Waals surface area contributed by atoms with Gasteiger partial charge in [-0.25, -0.2) is 13.2 Å². The number of hydrogen-bond donors (Lipinski definition) is 3. The molecule has 4 nitrogen and oxygen atoms in total. The fourth-order valence-corrected chi connectivity index (χ4v) is 2.82. The molecule has 0 aliphatic heterocycles. The molecule has 3 N–H and O–H groups in total. The Kier molecular flexibility index (Phi) is 3.20. The van der Waals surface area contributed by atoms with E-state index in [0.29, 0.717) is 11.8 Å². The number of alkyl halides is 2. The van der Waals surface area contributed by atoms with Crippen LogP contribution in [0.4, 0.5) is 13.2 Å². The highest BCUT2D eigenvalue weighted by molar-refractivity contribution is 6.31. The molecule has 1 fully saturated rings. The summed E-state index contributed by atoms with van der Waals surface area (Å²) in [5.41, 5.74) is -3.07. The lowest BCUT2D eigenvalue weighted by Gasteiger charge is -2.44. The van der Waals surface area contributed by atoms with Gasteiger partial charge in [-0.3, -0.25) is 5.10 Å². The van der Waals surface area contributed by atoms with Crippen molar-refractivity contribution in [3.8, 4) is 0 Å². The first kappa shape index (κ1) is 14.6. The van der Waals surface area contributed by atoms with Crippen molar-refractivity contribution in [3.05, 3.63) is 28.7 Å². The first-order chi connectivity index (χ1) is 9.78. The summed E-state index contributed by atoms with van der Waals surface area (Å²) in [7, 11) is 0. The number of aromatic amines is 1. The number of benzene rings is 1. The van der Waals surface area contributed by atoms with Gasteiger partial charge < -0.3 is 10.2 Å². The van der Waals surface area contributed by atoms with Crippen molar-refractivity contribution in [1.29, 1.82) is 0 Å². The fourth-order valence-electron chi connectivity index (χ4n) is 2.60. The summed E-state index contributed by atoms with van der Waals surface area (Å²) >= 11 is 5.67. The third-order valence-electron chi connectivity index (χ3n) is 4.08. The maximum absolute atomic E-state index is 14.3. The van der Waals surface area contributed by atoms with Crippen molar-refractivity contribution in [2.75, 3.05) is 0 Å². The Balaban J connectivity index is 2.15. The second-order valence-electron chi connectivity index (χ2n) is 5.33. The minimum absolute atomic E-state index is 0.0630. The van der Waals surface area contributed by atoms with E-state index in [1.165, 1.54) is 12.3 Å². The van der Waals surface area contributed by atoms with Crippen molar-refractivity contribution >= 4 is 22.5 Å². The van der Waals surface area contributed by atoms with Gasteiger partial charge in [0.05, 0.1) is 16.7 Å². The summed E-state index contributed by atoms with van der Waals surface area (Å²) in [4.78, 5) is 0. The zero-order valence-electron chi connectivity index (χ0n) is 10.7. The number of rotatable bonds is 3. The predicted octanol–water partition coefficient (Wildman–Crippen LogP) is 2.94. The van der Waals surface area contributed by atoms with Crippen LogP contribution in [0.25, 0.3) is 10.9 Å². The Hall–Kier alpha value is -1.31. The molecule has 1 atom stereocenters. The van der Waals surface area contributed by atoms with Crippen LogP contribution in [0.15, 0.2) is 12.3 Å². The molecule has 3 rings (SSSR count). The third kappa shape index (κ3) is 1.95. The van der Waals surface area contributed by atoms with E-state index in [1.54, 1.807) is 0 Å². The Morgan fingerprint density at radius 1 is 1.43 bits per heavy atom. The Bertz CT molecular complexity index is 700. The highest BCUT2D eigenvalue weighted by atomic mass is 35.5. The van der Waals surface area contributed by atoms with Gasteiger partial charge in [0.25, 0.3) is 0 Å². The van der Waals surface area contributed by atoms with E-state index in [1.807, 2.05) is 0 Å². The molecule has 1 saturated carbocycles. The van der Waals surface area contributed by atoms with Crippen LogP contribution in [0.3, 0.4) is 0 Å². The molecule has 0 bridgehead atoms. The SMILES string of the molecule is OC(c1c(F)c(Cl)cc2cn[nH]c12)C(F)(F)C1(O)CCC1. The van der Waals surface area contributed by atoms with Crippen LogP contribution in [0.2, 0.25) is 5.02 Å². The number of aliphatic hydroxyl groups is 2. The number of aliphatic hydroxyl groups excluding tert-OH is 1. The van der Waals surface area contributed by atoms with Gasteiger partial charge in [0.1, 0.15) is 11.4 Å². The molecule has 0 spiro atoms. The van der Waals surface area contributed by atoms with Gasteiger partial charge in [-0.15, -0.1) is 0 Å². The van der Waals surface area contributed by atoms with Crippen LogP contribution in [-0.4, -0.2) is 31.9 Å². The summed E-state index contributed by atoms with van der Waals surface area (Å²) in [5, 5.41) is 25.8. The molecule has 114 valence electrons. The maximum atomic E-state index is 14.3. The van der Waals surface area contributed by atoms with E-state index in [9.17, 15) is 23.4 Å². The van der Waals surface area contributed by atoms with Crippen LogP contribution >= 0.6 is 11.6 Å². The smallest absolute Gasteiger partial charge is 0.305 e. The molecule has 1 aliphatic rings. The van der Waals surface area contributed by atoms with Crippen LogP contribution in [0.1, 0.15) is 30.9 Å². The van der Waals surface area contributed by atoms with Gasteiger partial charge in [-0.1, -0.05) is 11.6 Å². The largest absolute Gasteiger partial charge is 0.383 e. The van der Waals surface area contributed by atoms with Gasteiger partial charge in [0.2, 0.25) is 0 Å². The summed E-state index contributed by atoms with van der Waals surface area (Å²) in [6, 6.07) is 1.22. The topological polar surface area (TPSA) is 69.1 Å². The molecule has 1 unspecified atom stereocenters. The van der Waals surface area contributed by atoms with Crippen LogP contribution in [-0.2, 0) is 0 Å².